The molecule has 9 nitrogen and oxygen atoms in total. The summed E-state index contributed by atoms with van der Waals surface area (Å²) in [6.45, 7) is 3.88. The van der Waals surface area contributed by atoms with E-state index in [0.29, 0.717) is 33.9 Å². The van der Waals surface area contributed by atoms with Crippen molar-refractivity contribution >= 4 is 44.1 Å². The van der Waals surface area contributed by atoms with Gasteiger partial charge in [0.2, 0.25) is 0 Å². The number of sulfonamides is 1. The molecular formula is C25H27N5O4S. The average molecular weight is 494 g/mol. The van der Waals surface area contributed by atoms with Crippen LogP contribution in [-0.2, 0) is 10.0 Å². The third kappa shape index (κ3) is 5.55. The van der Waals surface area contributed by atoms with Crippen LogP contribution in [0.2, 0.25) is 0 Å². The van der Waals surface area contributed by atoms with Crippen LogP contribution in [-0.4, -0.2) is 38.6 Å². The summed E-state index contributed by atoms with van der Waals surface area (Å²) in [7, 11) is -0.899. The van der Waals surface area contributed by atoms with Crippen LogP contribution in [0.4, 0.5) is 23.0 Å². The minimum atomic E-state index is -4.00. The Morgan fingerprint density at radius 1 is 0.800 bits per heavy atom. The van der Waals surface area contributed by atoms with E-state index in [-0.39, 0.29) is 22.6 Å². The van der Waals surface area contributed by atoms with Crippen LogP contribution in [0, 0.1) is 0 Å². The highest BCUT2D eigenvalue weighted by atomic mass is 32.2. The number of rotatable bonds is 9. The second kappa shape index (κ2) is 10.1. The number of benzene rings is 3. The summed E-state index contributed by atoms with van der Waals surface area (Å²) in [5.74, 6) is 1.43. The predicted octanol–water partition coefficient (Wildman–Crippen LogP) is 5.01. The summed E-state index contributed by atoms with van der Waals surface area (Å²) in [6, 6.07) is 19.2. The Kier molecular flexibility index (Phi) is 6.92. The third-order valence-electron chi connectivity index (χ3n) is 5.04. The molecule has 4 aromatic rings. The first-order valence-corrected chi connectivity index (χ1v) is 12.4. The fourth-order valence-corrected chi connectivity index (χ4v) is 4.67. The fourth-order valence-electron chi connectivity index (χ4n) is 3.49. The van der Waals surface area contributed by atoms with Gasteiger partial charge in [-0.3, -0.25) is 4.72 Å². The maximum absolute atomic E-state index is 13.5. The summed E-state index contributed by atoms with van der Waals surface area (Å²) < 4.78 is 40.2. The molecule has 0 amide bonds. The Morgan fingerprint density at radius 3 is 1.97 bits per heavy atom. The zero-order valence-electron chi connectivity index (χ0n) is 19.9. The Hall–Kier alpha value is -4.05. The number of hydrogen-bond donors (Lipinski definition) is 3. The summed E-state index contributed by atoms with van der Waals surface area (Å²) in [5, 5.41) is 6.33. The van der Waals surface area contributed by atoms with E-state index < -0.39 is 10.0 Å². The lowest BCUT2D eigenvalue weighted by molar-refractivity contribution is 0.395. The molecule has 0 aliphatic carbocycles. The van der Waals surface area contributed by atoms with E-state index in [2.05, 4.69) is 25.3 Å². The molecule has 0 fully saturated rings. The summed E-state index contributed by atoms with van der Waals surface area (Å²) in [5.41, 5.74) is 2.24. The molecule has 0 saturated carbocycles. The molecule has 4 rings (SSSR count). The maximum Gasteiger partial charge on any atom is 0.265 e. The normalized spacial score (nSPS) is 11.3. The molecule has 35 heavy (non-hydrogen) atoms. The standard InChI is InChI=1S/C25H27N5O4S/c1-16(2)26-22-11-7-8-12-23(22)35(31,32)30-25-24(28-20-9-5-6-10-21(20)29-25)27-17-13-18(33-3)15-19(14-17)34-4/h5-16,26H,1-4H3,(H,27,28)(H,29,30). The van der Waals surface area contributed by atoms with Crippen molar-refractivity contribution in [2.24, 2.45) is 0 Å². The largest absolute Gasteiger partial charge is 0.497 e. The minimum absolute atomic E-state index is 0.0482. The van der Waals surface area contributed by atoms with E-state index in [4.69, 9.17) is 9.47 Å². The summed E-state index contributed by atoms with van der Waals surface area (Å²) >= 11 is 0. The number of para-hydroxylation sites is 3. The molecule has 0 unspecified atom stereocenters. The van der Waals surface area contributed by atoms with Crippen molar-refractivity contribution in [3.8, 4) is 11.5 Å². The maximum atomic E-state index is 13.5. The van der Waals surface area contributed by atoms with Gasteiger partial charge < -0.3 is 20.1 Å². The van der Waals surface area contributed by atoms with Gasteiger partial charge in [0, 0.05) is 29.9 Å². The second-order valence-electron chi connectivity index (χ2n) is 8.04. The van der Waals surface area contributed by atoms with Gasteiger partial charge in [-0.25, -0.2) is 18.4 Å². The molecule has 0 radical (unpaired) electrons. The van der Waals surface area contributed by atoms with Gasteiger partial charge in [-0.1, -0.05) is 24.3 Å². The first-order chi connectivity index (χ1) is 16.8. The number of fused-ring (bicyclic) bond motifs is 1. The number of aromatic nitrogens is 2. The van der Waals surface area contributed by atoms with Gasteiger partial charge in [0.15, 0.2) is 11.6 Å². The lowest BCUT2D eigenvalue weighted by Crippen LogP contribution is -2.19. The molecular weight excluding hydrogens is 466 g/mol. The fraction of sp³-hybridized carbons (Fsp3) is 0.200. The van der Waals surface area contributed by atoms with Gasteiger partial charge >= 0.3 is 0 Å². The highest BCUT2D eigenvalue weighted by Crippen LogP contribution is 2.32. The third-order valence-corrected chi connectivity index (χ3v) is 6.43. The van der Waals surface area contributed by atoms with Crippen LogP contribution in [0.15, 0.2) is 71.6 Å². The van der Waals surface area contributed by atoms with E-state index in [1.54, 1.807) is 68.8 Å². The summed E-state index contributed by atoms with van der Waals surface area (Å²) in [6.07, 6.45) is 0. The van der Waals surface area contributed by atoms with Gasteiger partial charge in [-0.05, 0) is 38.1 Å². The lowest BCUT2D eigenvalue weighted by atomic mass is 10.2. The van der Waals surface area contributed by atoms with Gasteiger partial charge in [-0.2, -0.15) is 0 Å². The van der Waals surface area contributed by atoms with Crippen LogP contribution < -0.4 is 24.8 Å². The topological polar surface area (TPSA) is 114 Å². The van der Waals surface area contributed by atoms with Gasteiger partial charge in [0.05, 0.1) is 30.9 Å². The van der Waals surface area contributed by atoms with Gasteiger partial charge in [-0.15, -0.1) is 0 Å². The highest BCUT2D eigenvalue weighted by molar-refractivity contribution is 7.92. The highest BCUT2D eigenvalue weighted by Gasteiger charge is 2.22. The van der Waals surface area contributed by atoms with E-state index in [9.17, 15) is 8.42 Å². The van der Waals surface area contributed by atoms with Crippen molar-refractivity contribution in [1.29, 1.82) is 0 Å². The lowest BCUT2D eigenvalue weighted by Gasteiger charge is -2.17. The minimum Gasteiger partial charge on any atom is -0.497 e. The first kappa shape index (κ1) is 24.1. The SMILES string of the molecule is COc1cc(Nc2nc3ccccc3nc2NS(=O)(=O)c2ccccc2NC(C)C)cc(OC)c1. The average Bonchev–Trinajstić information content (AvgIpc) is 2.83. The molecule has 0 aliphatic rings. The Balaban J connectivity index is 1.79. The molecule has 0 atom stereocenters. The smallest absolute Gasteiger partial charge is 0.265 e. The Bertz CT molecular complexity index is 1440. The monoisotopic (exact) mass is 493 g/mol. The number of methoxy groups -OCH3 is 2. The Labute approximate surface area is 204 Å². The zero-order chi connectivity index (χ0) is 25.0. The Morgan fingerprint density at radius 2 is 1.37 bits per heavy atom. The van der Waals surface area contributed by atoms with Crippen LogP contribution in [0.25, 0.3) is 11.0 Å². The number of anilines is 4. The van der Waals surface area contributed by atoms with Crippen LogP contribution in [0.3, 0.4) is 0 Å². The van der Waals surface area contributed by atoms with Crippen molar-refractivity contribution in [3.05, 3.63) is 66.7 Å². The molecule has 3 N–H and O–H groups in total. The van der Waals surface area contributed by atoms with E-state index in [1.165, 1.54) is 0 Å². The molecule has 0 spiro atoms. The molecule has 0 saturated heterocycles. The van der Waals surface area contributed by atoms with E-state index in [1.807, 2.05) is 26.0 Å². The molecule has 182 valence electrons. The van der Waals surface area contributed by atoms with Crippen molar-refractivity contribution in [2.45, 2.75) is 24.8 Å². The van der Waals surface area contributed by atoms with Gasteiger partial charge in [0.1, 0.15) is 16.4 Å². The van der Waals surface area contributed by atoms with Gasteiger partial charge in [0.25, 0.3) is 10.0 Å². The number of nitrogens with zero attached hydrogens (tertiary/aromatic N) is 2. The van der Waals surface area contributed by atoms with Crippen molar-refractivity contribution in [2.75, 3.05) is 29.6 Å². The first-order valence-electron chi connectivity index (χ1n) is 10.9. The van der Waals surface area contributed by atoms with Crippen molar-refractivity contribution in [1.82, 2.24) is 9.97 Å². The molecule has 0 aliphatic heterocycles. The quantitative estimate of drug-likeness (QED) is 0.298. The van der Waals surface area contributed by atoms with Crippen molar-refractivity contribution < 1.29 is 17.9 Å². The zero-order valence-corrected chi connectivity index (χ0v) is 20.7. The summed E-state index contributed by atoms with van der Waals surface area (Å²) in [4.78, 5) is 9.30. The van der Waals surface area contributed by atoms with E-state index >= 15 is 0 Å². The second-order valence-corrected chi connectivity index (χ2v) is 9.69. The number of hydrogen-bond acceptors (Lipinski definition) is 8. The number of nitrogens with one attached hydrogen (secondary N) is 3. The molecule has 1 aromatic heterocycles. The number of ether oxygens (including phenoxy) is 2. The molecule has 0 bridgehead atoms. The van der Waals surface area contributed by atoms with Crippen LogP contribution in [0.1, 0.15) is 13.8 Å². The van der Waals surface area contributed by atoms with Crippen LogP contribution >= 0.6 is 0 Å². The molecule has 3 aromatic carbocycles. The van der Waals surface area contributed by atoms with E-state index in [0.717, 1.165) is 0 Å². The predicted molar refractivity (Wildman–Crippen MR) is 138 cm³/mol. The van der Waals surface area contributed by atoms with Crippen molar-refractivity contribution in [3.63, 3.8) is 0 Å². The molecule has 10 heteroatoms. The van der Waals surface area contributed by atoms with Crippen LogP contribution in [0.5, 0.6) is 11.5 Å². The molecule has 1 heterocycles.